The van der Waals surface area contributed by atoms with E-state index in [0.717, 1.165) is 22.2 Å². The number of aromatic hydroxyl groups is 1. The molecule has 23 heavy (non-hydrogen) atoms. The lowest BCUT2D eigenvalue weighted by Gasteiger charge is -2.11. The van der Waals surface area contributed by atoms with Gasteiger partial charge < -0.3 is 5.11 Å². The van der Waals surface area contributed by atoms with Crippen molar-refractivity contribution in [1.29, 1.82) is 0 Å². The summed E-state index contributed by atoms with van der Waals surface area (Å²) in [5.41, 5.74) is 2.63. The van der Waals surface area contributed by atoms with Gasteiger partial charge in [-0.25, -0.2) is 4.21 Å². The van der Waals surface area contributed by atoms with Crippen LogP contribution in [-0.4, -0.2) is 13.3 Å². The molecule has 1 unspecified atom stereocenters. The first-order valence-electron chi connectivity index (χ1n) is 6.68. The number of fused-ring (bicyclic) bond motifs is 1. The Balaban J connectivity index is 2.29. The molecule has 0 amide bonds. The first kappa shape index (κ1) is 16.8. The summed E-state index contributed by atoms with van der Waals surface area (Å²) >= 11 is 15.4. The molecule has 1 heterocycles. The fourth-order valence-electron chi connectivity index (χ4n) is 2.50. The summed E-state index contributed by atoms with van der Waals surface area (Å²) in [4.78, 5) is 0.249. The third-order valence-corrected chi connectivity index (χ3v) is 6.25. The minimum Gasteiger partial charge on any atom is -0.505 e. The zero-order valence-corrected chi connectivity index (χ0v) is 16.1. The van der Waals surface area contributed by atoms with Crippen molar-refractivity contribution < 1.29 is 9.32 Å². The Morgan fingerprint density at radius 3 is 2.57 bits per heavy atom. The summed E-state index contributed by atoms with van der Waals surface area (Å²) in [6.45, 7) is 3.84. The minimum atomic E-state index is -1.64. The molecule has 0 aliphatic carbocycles. The molecular formula is C16H12BrCl2NO2S. The molecular weight excluding hydrogens is 421 g/mol. The average molecular weight is 433 g/mol. The number of rotatable bonds is 2. The topological polar surface area (TPSA) is 42.2 Å². The van der Waals surface area contributed by atoms with Gasteiger partial charge in [-0.15, -0.1) is 0 Å². The third-order valence-electron chi connectivity index (χ3n) is 3.78. The van der Waals surface area contributed by atoms with Crippen LogP contribution in [0.15, 0.2) is 39.7 Å². The summed E-state index contributed by atoms with van der Waals surface area (Å²) in [6, 6.07) is 8.59. The lowest BCUT2D eigenvalue weighted by Crippen LogP contribution is -2.07. The first-order valence-corrected chi connectivity index (χ1v) is 9.34. The highest BCUT2D eigenvalue weighted by Crippen LogP contribution is 2.36. The van der Waals surface area contributed by atoms with Gasteiger partial charge in [-0.2, -0.15) is 0 Å². The number of benzene rings is 2. The molecule has 2 aromatic carbocycles. The van der Waals surface area contributed by atoms with E-state index in [9.17, 15) is 9.32 Å². The van der Waals surface area contributed by atoms with E-state index in [4.69, 9.17) is 23.2 Å². The summed E-state index contributed by atoms with van der Waals surface area (Å²) in [5, 5.41) is 11.9. The Hall–Kier alpha value is -1.01. The Morgan fingerprint density at radius 1 is 1.17 bits per heavy atom. The van der Waals surface area contributed by atoms with Crippen molar-refractivity contribution in [3.05, 3.63) is 56.1 Å². The predicted molar refractivity (Wildman–Crippen MR) is 99.0 cm³/mol. The minimum absolute atomic E-state index is 0.150. The molecule has 1 atom stereocenters. The normalized spacial score (nSPS) is 12.7. The van der Waals surface area contributed by atoms with E-state index in [0.29, 0.717) is 9.50 Å². The van der Waals surface area contributed by atoms with Gasteiger partial charge in [0.2, 0.25) is 0 Å². The van der Waals surface area contributed by atoms with E-state index >= 15 is 0 Å². The van der Waals surface area contributed by atoms with Crippen LogP contribution in [0.25, 0.3) is 10.9 Å². The number of nitrogens with zero attached hydrogens (tertiary/aromatic N) is 1. The van der Waals surface area contributed by atoms with E-state index in [1.54, 1.807) is 22.2 Å². The predicted octanol–water partition coefficient (Wildman–Crippen LogP) is 5.60. The fraction of sp³-hybridized carbons (Fsp3) is 0.125. The van der Waals surface area contributed by atoms with Crippen LogP contribution in [0.5, 0.6) is 5.75 Å². The van der Waals surface area contributed by atoms with Crippen LogP contribution in [0.2, 0.25) is 10.0 Å². The van der Waals surface area contributed by atoms with Crippen molar-refractivity contribution >= 4 is 61.0 Å². The van der Waals surface area contributed by atoms with E-state index in [1.807, 2.05) is 26.0 Å². The quantitative estimate of drug-likeness (QED) is 0.572. The lowest BCUT2D eigenvalue weighted by molar-refractivity contribution is 0.461. The number of aryl methyl sites for hydroxylation is 1. The molecule has 0 bridgehead atoms. The molecule has 0 spiro atoms. The van der Waals surface area contributed by atoms with E-state index in [1.165, 1.54) is 0 Å². The summed E-state index contributed by atoms with van der Waals surface area (Å²) in [6.07, 6.45) is 0. The van der Waals surface area contributed by atoms with Crippen molar-refractivity contribution in [2.75, 3.05) is 0 Å². The van der Waals surface area contributed by atoms with E-state index < -0.39 is 11.0 Å². The fourth-order valence-corrected chi connectivity index (χ4v) is 5.11. The number of phenols is 1. The maximum absolute atomic E-state index is 13.1. The van der Waals surface area contributed by atoms with Crippen LogP contribution in [-0.2, 0) is 11.0 Å². The zero-order chi connectivity index (χ0) is 16.9. The second-order valence-electron chi connectivity index (χ2n) is 5.15. The second-order valence-corrected chi connectivity index (χ2v) is 8.21. The smallest absolute Gasteiger partial charge is 0.161 e. The third kappa shape index (κ3) is 2.80. The van der Waals surface area contributed by atoms with Crippen molar-refractivity contribution in [3.8, 4) is 5.75 Å². The molecule has 1 aromatic heterocycles. The Morgan fingerprint density at radius 2 is 1.87 bits per heavy atom. The molecule has 120 valence electrons. The summed E-state index contributed by atoms with van der Waals surface area (Å²) in [5.74, 6) is -0.180. The average Bonchev–Trinajstić information content (AvgIpc) is 2.74. The van der Waals surface area contributed by atoms with Crippen molar-refractivity contribution in [2.24, 2.45) is 0 Å². The van der Waals surface area contributed by atoms with Gasteiger partial charge >= 0.3 is 0 Å². The van der Waals surface area contributed by atoms with Crippen LogP contribution < -0.4 is 0 Å². The highest BCUT2D eigenvalue weighted by molar-refractivity contribution is 9.10. The van der Waals surface area contributed by atoms with Crippen LogP contribution in [0.1, 0.15) is 11.3 Å². The number of aromatic nitrogens is 1. The molecule has 0 radical (unpaired) electrons. The molecule has 3 nitrogen and oxygen atoms in total. The van der Waals surface area contributed by atoms with Gasteiger partial charge in [0.15, 0.2) is 16.7 Å². The number of hydrogen-bond donors (Lipinski definition) is 1. The molecule has 0 fully saturated rings. The molecule has 0 aliphatic rings. The van der Waals surface area contributed by atoms with Crippen molar-refractivity contribution in [2.45, 2.75) is 18.7 Å². The van der Waals surface area contributed by atoms with Crippen LogP contribution in [0.3, 0.4) is 0 Å². The molecule has 1 N–H and O–H groups in total. The second kappa shape index (κ2) is 6.13. The monoisotopic (exact) mass is 431 g/mol. The van der Waals surface area contributed by atoms with E-state index in [-0.39, 0.29) is 15.7 Å². The van der Waals surface area contributed by atoms with Gasteiger partial charge in [0.1, 0.15) is 4.90 Å². The van der Waals surface area contributed by atoms with Crippen LogP contribution in [0, 0.1) is 13.8 Å². The molecule has 0 saturated heterocycles. The van der Waals surface area contributed by atoms with Crippen LogP contribution in [0.4, 0.5) is 0 Å². The Bertz CT molecular complexity index is 969. The molecule has 3 aromatic rings. The summed E-state index contributed by atoms with van der Waals surface area (Å²) < 4.78 is 15.4. The number of phenolic OH excluding ortho intramolecular Hbond substituents is 1. The molecule has 3 rings (SSSR count). The van der Waals surface area contributed by atoms with Gasteiger partial charge in [-0.3, -0.25) is 3.97 Å². The van der Waals surface area contributed by atoms with Gasteiger partial charge in [-0.05, 0) is 49.7 Å². The molecule has 7 heteroatoms. The Kier molecular flexibility index (Phi) is 4.49. The number of halogens is 3. The zero-order valence-electron chi connectivity index (χ0n) is 12.2. The Labute approximate surface area is 154 Å². The molecule has 0 saturated carbocycles. The van der Waals surface area contributed by atoms with E-state index in [2.05, 4.69) is 15.9 Å². The summed E-state index contributed by atoms with van der Waals surface area (Å²) in [7, 11) is -1.64. The van der Waals surface area contributed by atoms with Crippen molar-refractivity contribution in [1.82, 2.24) is 3.97 Å². The maximum Gasteiger partial charge on any atom is 0.161 e. The SMILES string of the molecule is Cc1c(C)n(S(=O)c2cc(Br)cc(Cl)c2O)c2ccc(Cl)cc12. The molecule has 0 aliphatic heterocycles. The highest BCUT2D eigenvalue weighted by Gasteiger charge is 2.21. The largest absolute Gasteiger partial charge is 0.505 e. The highest BCUT2D eigenvalue weighted by atomic mass is 79.9. The lowest BCUT2D eigenvalue weighted by atomic mass is 10.2. The van der Waals surface area contributed by atoms with Gasteiger partial charge in [-0.1, -0.05) is 39.1 Å². The maximum atomic E-state index is 13.1. The number of hydrogen-bond acceptors (Lipinski definition) is 2. The van der Waals surface area contributed by atoms with Crippen LogP contribution >= 0.6 is 39.1 Å². The van der Waals surface area contributed by atoms with Gasteiger partial charge in [0, 0.05) is 20.6 Å². The van der Waals surface area contributed by atoms with Crippen molar-refractivity contribution in [3.63, 3.8) is 0 Å². The first-order chi connectivity index (χ1) is 10.8. The standard InChI is InChI=1S/C16H12BrCl2NO2S/c1-8-9(2)20(14-4-3-11(18)7-12(8)14)23(22)15-6-10(17)5-13(19)16(15)21/h3-7,21H,1-2H3. The van der Waals surface area contributed by atoms with Gasteiger partial charge in [0.05, 0.1) is 10.5 Å². The van der Waals surface area contributed by atoms with Gasteiger partial charge in [0.25, 0.3) is 0 Å².